The molecule has 0 aliphatic carbocycles. The molecule has 0 aliphatic rings. The van der Waals surface area contributed by atoms with Crippen LogP contribution in [-0.4, -0.2) is 52.5 Å². The second kappa shape index (κ2) is 9.44. The Morgan fingerprint density at radius 2 is 1.69 bits per heavy atom. The molecule has 0 radical (unpaired) electrons. The van der Waals surface area contributed by atoms with Crippen LogP contribution in [0.25, 0.3) is 0 Å². The summed E-state index contributed by atoms with van der Waals surface area (Å²) in [4.78, 5) is 36.7. The Labute approximate surface area is 170 Å². The third-order valence-corrected chi connectivity index (χ3v) is 3.30. The predicted molar refractivity (Wildman–Crippen MR) is 103 cm³/mol. The Balaban J connectivity index is 2.93. The van der Waals surface area contributed by atoms with E-state index in [1.54, 1.807) is 41.5 Å². The highest BCUT2D eigenvalue weighted by Gasteiger charge is 2.26. The van der Waals surface area contributed by atoms with Gasteiger partial charge in [0.15, 0.2) is 0 Å². The highest BCUT2D eigenvalue weighted by atomic mass is 16.6. The molecule has 1 heterocycles. The van der Waals surface area contributed by atoms with Crippen LogP contribution < -0.4 is 10.0 Å². The Bertz CT molecular complexity index is 751. The van der Waals surface area contributed by atoms with Gasteiger partial charge in [0.1, 0.15) is 17.7 Å². The van der Waals surface area contributed by atoms with Gasteiger partial charge < -0.3 is 25.1 Å². The van der Waals surface area contributed by atoms with Gasteiger partial charge in [-0.25, -0.2) is 14.4 Å². The van der Waals surface area contributed by atoms with Crippen LogP contribution in [0.15, 0.2) is 18.2 Å². The van der Waals surface area contributed by atoms with E-state index in [0.29, 0.717) is 0 Å². The summed E-state index contributed by atoms with van der Waals surface area (Å²) >= 11 is 0. The molecule has 2 amide bonds. The molecule has 2 N–H and O–H groups in total. The second-order valence-corrected chi connectivity index (χ2v) is 8.33. The zero-order valence-corrected chi connectivity index (χ0v) is 17.6. The molecule has 0 aliphatic heterocycles. The number of aromatic carboxylic acids is 1. The van der Waals surface area contributed by atoms with Crippen LogP contribution in [0.4, 0.5) is 9.59 Å². The van der Waals surface area contributed by atoms with Crippen molar-refractivity contribution in [3.8, 4) is 0 Å². The number of carboxylic acid groups (broad SMARTS) is 1. The lowest BCUT2D eigenvalue weighted by Crippen LogP contribution is -2.46. The van der Waals surface area contributed by atoms with Crippen molar-refractivity contribution < 1.29 is 33.7 Å². The molecule has 0 spiro atoms. The van der Waals surface area contributed by atoms with Crippen molar-refractivity contribution in [2.24, 2.45) is 0 Å². The minimum atomic E-state index is -1.38. The maximum absolute atomic E-state index is 12.5. The Morgan fingerprint density at radius 3 is 2.21 bits per heavy atom. The molecule has 10 nitrogen and oxygen atoms in total. The van der Waals surface area contributed by atoms with E-state index in [0.717, 1.165) is 0 Å². The Morgan fingerprint density at radius 1 is 1.10 bits per heavy atom. The minimum absolute atomic E-state index is 0.0193. The number of amides is 2. The summed E-state index contributed by atoms with van der Waals surface area (Å²) in [6.45, 7) is 10.1. The van der Waals surface area contributed by atoms with E-state index in [4.69, 9.17) is 14.6 Å². The van der Waals surface area contributed by atoms with Crippen molar-refractivity contribution in [2.45, 2.75) is 59.3 Å². The Kier molecular flexibility index (Phi) is 7.81. The van der Waals surface area contributed by atoms with Crippen LogP contribution in [0, 0.1) is 5.21 Å². The largest absolute Gasteiger partial charge is 0.618 e. The maximum atomic E-state index is 12.5. The molecular formula is C19H29N3O7. The van der Waals surface area contributed by atoms with Crippen molar-refractivity contribution in [3.63, 3.8) is 0 Å². The summed E-state index contributed by atoms with van der Waals surface area (Å²) in [6, 6.07) is 4.00. The number of aromatic nitrogens is 1. The number of rotatable bonds is 6. The van der Waals surface area contributed by atoms with Crippen LogP contribution in [0.5, 0.6) is 0 Å². The van der Waals surface area contributed by atoms with Gasteiger partial charge in [-0.05, 0) is 47.6 Å². The molecule has 0 saturated heterocycles. The maximum Gasteiger partial charge on any atom is 0.410 e. The average Bonchev–Trinajstić information content (AvgIpc) is 2.51. The minimum Gasteiger partial charge on any atom is -0.618 e. The number of carbonyl (C=O) groups excluding carboxylic acids is 2. The molecule has 0 fully saturated rings. The van der Waals surface area contributed by atoms with Crippen molar-refractivity contribution in [2.75, 3.05) is 13.1 Å². The molecule has 162 valence electrons. The van der Waals surface area contributed by atoms with Gasteiger partial charge in [-0.1, -0.05) is 0 Å². The summed E-state index contributed by atoms with van der Waals surface area (Å²) in [5.74, 6) is -1.38. The molecule has 0 saturated carbocycles. The zero-order chi connectivity index (χ0) is 22.4. The van der Waals surface area contributed by atoms with Crippen molar-refractivity contribution in [3.05, 3.63) is 34.8 Å². The molecule has 0 aromatic carbocycles. The van der Waals surface area contributed by atoms with E-state index >= 15 is 0 Å². The van der Waals surface area contributed by atoms with Gasteiger partial charge in [0, 0.05) is 25.2 Å². The number of hydrogen-bond donors (Lipinski definition) is 2. The van der Waals surface area contributed by atoms with E-state index in [2.05, 4.69) is 5.32 Å². The molecule has 0 bridgehead atoms. The fourth-order valence-electron chi connectivity index (χ4n) is 2.18. The lowest BCUT2D eigenvalue weighted by Gasteiger charge is -2.27. The predicted octanol–water partition coefficient (Wildman–Crippen LogP) is 2.28. The van der Waals surface area contributed by atoms with E-state index in [1.807, 2.05) is 0 Å². The first-order valence-electron chi connectivity index (χ1n) is 9.09. The fraction of sp³-hybridized carbons (Fsp3) is 0.579. The topological polar surface area (TPSA) is 132 Å². The summed E-state index contributed by atoms with van der Waals surface area (Å²) in [5.41, 5.74) is -1.85. The zero-order valence-electron chi connectivity index (χ0n) is 17.6. The molecule has 0 atom stereocenters. The summed E-state index contributed by atoms with van der Waals surface area (Å²) in [5, 5.41) is 23.9. The van der Waals surface area contributed by atoms with Gasteiger partial charge in [-0.2, -0.15) is 4.73 Å². The highest BCUT2D eigenvalue weighted by Crippen LogP contribution is 2.12. The summed E-state index contributed by atoms with van der Waals surface area (Å²) < 4.78 is 10.7. The monoisotopic (exact) mass is 411 g/mol. The number of ether oxygens (including phenoxy) is 2. The number of hydrogen-bond acceptors (Lipinski definition) is 6. The first kappa shape index (κ1) is 24.0. The van der Waals surface area contributed by atoms with E-state index < -0.39 is 35.1 Å². The van der Waals surface area contributed by atoms with Gasteiger partial charge in [0.2, 0.25) is 5.69 Å². The van der Waals surface area contributed by atoms with Gasteiger partial charge in [0.25, 0.3) is 0 Å². The fourth-order valence-corrected chi connectivity index (χ4v) is 2.18. The van der Waals surface area contributed by atoms with Gasteiger partial charge in [-0.3, -0.25) is 4.90 Å². The lowest BCUT2D eigenvalue weighted by atomic mass is 10.2. The molecular weight excluding hydrogens is 382 g/mol. The number of nitrogens with zero attached hydrogens (tertiary/aromatic N) is 2. The van der Waals surface area contributed by atoms with E-state index in [1.165, 1.54) is 23.1 Å². The van der Waals surface area contributed by atoms with E-state index in [-0.39, 0.29) is 30.1 Å². The molecule has 10 heteroatoms. The smallest absolute Gasteiger partial charge is 0.410 e. The average molecular weight is 411 g/mol. The van der Waals surface area contributed by atoms with Gasteiger partial charge in [-0.15, -0.1) is 0 Å². The van der Waals surface area contributed by atoms with Crippen molar-refractivity contribution in [1.29, 1.82) is 0 Å². The normalized spacial score (nSPS) is 11.5. The van der Waals surface area contributed by atoms with Crippen LogP contribution in [0.3, 0.4) is 0 Å². The first-order chi connectivity index (χ1) is 13.2. The number of carbonyl (C=O) groups is 3. The van der Waals surface area contributed by atoms with Crippen LogP contribution in [0.1, 0.15) is 57.7 Å². The molecule has 1 aromatic heterocycles. The number of carboxylic acids is 1. The standard InChI is InChI=1S/C19H29N3O7/c1-18(2,3)28-16(25)20-10-11-21(17(26)29-19(4,5)6)12-13-8-7-9-14(15(23)24)22(13)27/h7-9H,10-12H2,1-6H3,(H,20,25)(H,23,24). The number of alkyl carbamates (subject to hydrolysis) is 1. The molecule has 1 rings (SSSR count). The molecule has 29 heavy (non-hydrogen) atoms. The van der Waals surface area contributed by atoms with Crippen LogP contribution in [0.2, 0.25) is 0 Å². The molecule has 1 aromatic rings. The SMILES string of the molecule is CC(C)(C)OC(=O)NCCN(Cc1cccc(C(=O)O)[n+]1[O-])C(=O)OC(C)(C)C. The summed E-state index contributed by atoms with van der Waals surface area (Å²) in [7, 11) is 0. The van der Waals surface area contributed by atoms with E-state index in [9.17, 15) is 19.6 Å². The third-order valence-electron chi connectivity index (χ3n) is 3.30. The van der Waals surface area contributed by atoms with Gasteiger partial charge >= 0.3 is 23.8 Å². The van der Waals surface area contributed by atoms with Gasteiger partial charge in [0.05, 0.1) is 0 Å². The quantitative estimate of drug-likeness (QED) is 0.542. The number of pyridine rings is 1. The molecule has 0 unspecified atom stereocenters. The second-order valence-electron chi connectivity index (χ2n) is 8.33. The van der Waals surface area contributed by atoms with Crippen LogP contribution >= 0.6 is 0 Å². The van der Waals surface area contributed by atoms with Crippen LogP contribution in [-0.2, 0) is 16.0 Å². The first-order valence-corrected chi connectivity index (χ1v) is 9.09. The third kappa shape index (κ3) is 8.67. The van der Waals surface area contributed by atoms with Crippen molar-refractivity contribution in [1.82, 2.24) is 10.2 Å². The number of nitrogens with one attached hydrogen (secondary N) is 1. The lowest BCUT2D eigenvalue weighted by molar-refractivity contribution is -0.618. The Hall–Kier alpha value is -3.04. The van der Waals surface area contributed by atoms with Crippen molar-refractivity contribution >= 4 is 18.2 Å². The highest BCUT2D eigenvalue weighted by molar-refractivity contribution is 5.83. The summed E-state index contributed by atoms with van der Waals surface area (Å²) in [6.07, 6.45) is -1.35.